The zero-order valence-corrected chi connectivity index (χ0v) is 21.1. The van der Waals surface area contributed by atoms with E-state index in [4.69, 9.17) is 25.8 Å². The number of hydrogen-bond acceptors (Lipinski definition) is 8. The molecule has 0 saturated heterocycles. The Morgan fingerprint density at radius 2 is 1.71 bits per heavy atom. The highest BCUT2D eigenvalue weighted by molar-refractivity contribution is 7.99. The van der Waals surface area contributed by atoms with E-state index in [0.29, 0.717) is 40.4 Å². The molecule has 0 fully saturated rings. The van der Waals surface area contributed by atoms with Crippen LogP contribution in [0.4, 0.5) is 0 Å². The molecule has 1 heterocycles. The number of rotatable bonds is 11. The lowest BCUT2D eigenvalue weighted by atomic mass is 10.1. The van der Waals surface area contributed by atoms with E-state index in [1.54, 1.807) is 38.5 Å². The Kier molecular flexibility index (Phi) is 9.62. The number of halogens is 1. The maximum Gasteiger partial charge on any atom is 0.276 e. The summed E-state index contributed by atoms with van der Waals surface area (Å²) in [5.41, 5.74) is 5.67. The average Bonchev–Trinajstić information content (AvgIpc) is 3.26. The van der Waals surface area contributed by atoms with Crippen LogP contribution < -0.4 is 25.1 Å². The summed E-state index contributed by atoms with van der Waals surface area (Å²) in [4.78, 5) is 24.1. The molecule has 3 rings (SSSR count). The van der Waals surface area contributed by atoms with Crippen LogP contribution in [0, 0.1) is 0 Å². The topological polar surface area (TPSA) is 117 Å². The predicted molar refractivity (Wildman–Crippen MR) is 132 cm³/mol. The fourth-order valence-corrected chi connectivity index (χ4v) is 4.02. The van der Waals surface area contributed by atoms with Gasteiger partial charge in [0.1, 0.15) is 11.6 Å². The lowest BCUT2D eigenvalue weighted by Crippen LogP contribution is -2.44. The van der Waals surface area contributed by atoms with Crippen LogP contribution in [0.25, 0.3) is 0 Å². The van der Waals surface area contributed by atoms with Gasteiger partial charge in [-0.1, -0.05) is 29.4 Å². The Hall–Kier alpha value is -3.44. The minimum absolute atomic E-state index is 0.0484. The molecule has 1 aromatic heterocycles. The summed E-state index contributed by atoms with van der Waals surface area (Å²) >= 11 is 7.03. The van der Waals surface area contributed by atoms with E-state index in [9.17, 15) is 9.59 Å². The van der Waals surface area contributed by atoms with Gasteiger partial charge in [0, 0.05) is 18.0 Å². The van der Waals surface area contributed by atoms with E-state index in [0.717, 1.165) is 11.4 Å². The number of amides is 2. The lowest BCUT2D eigenvalue weighted by Gasteiger charge is -2.11. The van der Waals surface area contributed by atoms with E-state index in [-0.39, 0.29) is 18.3 Å². The third-order valence-electron chi connectivity index (χ3n) is 4.78. The number of aromatic nitrogens is 3. The zero-order chi connectivity index (χ0) is 25.2. The molecule has 0 saturated carbocycles. The highest BCUT2D eigenvalue weighted by Crippen LogP contribution is 2.28. The van der Waals surface area contributed by atoms with Crippen molar-refractivity contribution in [3.8, 4) is 17.2 Å². The maximum atomic E-state index is 12.2. The standard InChI is InChI=1S/C23H26ClN5O5S/c1-4-29-20(12-15-5-10-18(32-2)19(11-15)33-3)25-28-23(29)35-14-22(31)27-26-21(30)13-34-17-8-6-16(24)7-9-17/h5-11H,4,12-14H2,1-3H3,(H,26,30)(H,27,31). The molecule has 2 N–H and O–H groups in total. The molecule has 12 heteroatoms. The van der Waals surface area contributed by atoms with Crippen molar-refractivity contribution in [2.75, 3.05) is 26.6 Å². The molecule has 0 aliphatic heterocycles. The van der Waals surface area contributed by atoms with Crippen molar-refractivity contribution < 1.29 is 23.8 Å². The maximum absolute atomic E-state index is 12.2. The Morgan fingerprint density at radius 3 is 2.40 bits per heavy atom. The molecule has 2 aromatic carbocycles. The molecular weight excluding hydrogens is 494 g/mol. The monoisotopic (exact) mass is 519 g/mol. The van der Waals surface area contributed by atoms with Crippen molar-refractivity contribution in [1.82, 2.24) is 25.6 Å². The molecule has 0 unspecified atom stereocenters. The summed E-state index contributed by atoms with van der Waals surface area (Å²) in [7, 11) is 3.18. The normalized spacial score (nSPS) is 10.5. The first-order chi connectivity index (χ1) is 16.9. The number of hydrazine groups is 1. The number of benzene rings is 2. The van der Waals surface area contributed by atoms with Crippen LogP contribution in [0.3, 0.4) is 0 Å². The number of hydrogen-bond donors (Lipinski definition) is 2. The van der Waals surface area contributed by atoms with Gasteiger partial charge in [-0.05, 0) is 48.9 Å². The van der Waals surface area contributed by atoms with Crippen molar-refractivity contribution in [2.45, 2.75) is 25.0 Å². The smallest absolute Gasteiger partial charge is 0.276 e. The van der Waals surface area contributed by atoms with Gasteiger partial charge in [0.25, 0.3) is 5.91 Å². The van der Waals surface area contributed by atoms with E-state index in [1.807, 2.05) is 29.7 Å². The molecule has 0 aliphatic rings. The van der Waals surface area contributed by atoms with Crippen LogP contribution in [0.1, 0.15) is 18.3 Å². The summed E-state index contributed by atoms with van der Waals surface area (Å²) < 4.78 is 17.9. The highest BCUT2D eigenvalue weighted by atomic mass is 35.5. The number of methoxy groups -OCH3 is 2. The van der Waals surface area contributed by atoms with Gasteiger partial charge < -0.3 is 18.8 Å². The molecule has 35 heavy (non-hydrogen) atoms. The van der Waals surface area contributed by atoms with E-state index >= 15 is 0 Å². The fourth-order valence-electron chi connectivity index (χ4n) is 3.07. The molecule has 0 spiro atoms. The molecule has 0 radical (unpaired) electrons. The van der Waals surface area contributed by atoms with E-state index < -0.39 is 5.91 Å². The average molecular weight is 520 g/mol. The van der Waals surface area contributed by atoms with Crippen LogP contribution in [0.5, 0.6) is 17.2 Å². The van der Waals surface area contributed by atoms with Crippen LogP contribution in [-0.4, -0.2) is 53.2 Å². The molecule has 186 valence electrons. The number of thioether (sulfide) groups is 1. The van der Waals surface area contributed by atoms with Gasteiger partial charge in [-0.2, -0.15) is 0 Å². The largest absolute Gasteiger partial charge is 0.493 e. The number of carbonyl (C=O) groups excluding carboxylic acids is 2. The second-order valence-corrected chi connectivity index (χ2v) is 8.52. The van der Waals surface area contributed by atoms with Crippen LogP contribution >= 0.6 is 23.4 Å². The summed E-state index contributed by atoms with van der Waals surface area (Å²) in [6.45, 7) is 2.36. The minimum Gasteiger partial charge on any atom is -0.493 e. The number of nitrogens with zero attached hydrogens (tertiary/aromatic N) is 3. The lowest BCUT2D eigenvalue weighted by molar-refractivity contribution is -0.128. The number of carbonyl (C=O) groups is 2. The highest BCUT2D eigenvalue weighted by Gasteiger charge is 2.15. The van der Waals surface area contributed by atoms with Crippen molar-refractivity contribution in [3.05, 3.63) is 58.9 Å². The van der Waals surface area contributed by atoms with Gasteiger partial charge in [-0.3, -0.25) is 20.4 Å². The first-order valence-corrected chi connectivity index (χ1v) is 12.0. The van der Waals surface area contributed by atoms with E-state index in [1.165, 1.54) is 11.8 Å². The van der Waals surface area contributed by atoms with Gasteiger partial charge in [0.15, 0.2) is 23.3 Å². The van der Waals surface area contributed by atoms with Crippen LogP contribution in [-0.2, 0) is 22.6 Å². The number of ether oxygens (including phenoxy) is 3. The molecule has 3 aromatic rings. The Bertz CT molecular complexity index is 1160. The third kappa shape index (κ3) is 7.52. The van der Waals surface area contributed by atoms with Crippen molar-refractivity contribution in [2.24, 2.45) is 0 Å². The molecule has 0 atom stereocenters. The van der Waals surface area contributed by atoms with Gasteiger partial charge in [0.2, 0.25) is 5.91 Å². The van der Waals surface area contributed by atoms with Crippen LogP contribution in [0.15, 0.2) is 47.6 Å². The Balaban J connectivity index is 1.48. The SMILES string of the molecule is CCn1c(Cc2ccc(OC)c(OC)c2)nnc1SCC(=O)NNC(=O)COc1ccc(Cl)cc1. The fraction of sp³-hybridized carbons (Fsp3) is 0.304. The summed E-state index contributed by atoms with van der Waals surface area (Å²) in [5.74, 6) is 1.71. The molecule has 10 nitrogen and oxygen atoms in total. The number of nitrogens with one attached hydrogen (secondary N) is 2. The minimum atomic E-state index is -0.493. The first-order valence-electron chi connectivity index (χ1n) is 10.6. The van der Waals surface area contributed by atoms with Crippen molar-refractivity contribution >= 4 is 35.2 Å². The van der Waals surface area contributed by atoms with Gasteiger partial charge in [0.05, 0.1) is 20.0 Å². The van der Waals surface area contributed by atoms with Crippen molar-refractivity contribution in [1.29, 1.82) is 0 Å². The zero-order valence-electron chi connectivity index (χ0n) is 19.5. The predicted octanol–water partition coefficient (Wildman–Crippen LogP) is 2.88. The van der Waals surface area contributed by atoms with Gasteiger partial charge in [-0.25, -0.2) is 0 Å². The Labute approximate surface area is 212 Å². The molecule has 0 bridgehead atoms. The first kappa shape index (κ1) is 26.2. The Morgan fingerprint density at radius 1 is 1.00 bits per heavy atom. The van der Waals surface area contributed by atoms with Crippen molar-refractivity contribution in [3.63, 3.8) is 0 Å². The third-order valence-corrected chi connectivity index (χ3v) is 6.00. The molecule has 2 amide bonds. The van der Waals surface area contributed by atoms with Crippen LogP contribution in [0.2, 0.25) is 5.02 Å². The summed E-state index contributed by atoms with van der Waals surface area (Å²) in [6.07, 6.45) is 0.539. The second-order valence-electron chi connectivity index (χ2n) is 7.14. The van der Waals surface area contributed by atoms with Gasteiger partial charge >= 0.3 is 0 Å². The summed E-state index contributed by atoms with van der Waals surface area (Å²) in [6, 6.07) is 12.3. The summed E-state index contributed by atoms with van der Waals surface area (Å²) in [5, 5.41) is 9.68. The van der Waals surface area contributed by atoms with Gasteiger partial charge in [-0.15, -0.1) is 10.2 Å². The van der Waals surface area contributed by atoms with E-state index in [2.05, 4.69) is 21.0 Å². The second kappa shape index (κ2) is 12.9. The molecule has 0 aliphatic carbocycles. The molecular formula is C23H26ClN5O5S. The quantitative estimate of drug-likeness (QED) is 0.293.